The minimum absolute atomic E-state index is 0.0294. The van der Waals surface area contributed by atoms with E-state index in [1.165, 1.54) is 4.31 Å². The summed E-state index contributed by atoms with van der Waals surface area (Å²) in [6.07, 6.45) is 1.39. The Morgan fingerprint density at radius 1 is 1.11 bits per heavy atom. The molecule has 1 unspecified atom stereocenters. The minimum Gasteiger partial charge on any atom is -0.325 e. The first-order valence-electron chi connectivity index (χ1n) is 9.67. The molecule has 6 heteroatoms. The van der Waals surface area contributed by atoms with Gasteiger partial charge in [-0.15, -0.1) is 0 Å². The molecule has 1 aliphatic rings. The number of carbonyl (C=O) groups excluding carboxylic acids is 1. The summed E-state index contributed by atoms with van der Waals surface area (Å²) in [4.78, 5) is 12.9. The van der Waals surface area contributed by atoms with Gasteiger partial charge in [0.1, 0.15) is 0 Å². The molecular formula is C22H28N2O3S. The Bertz CT molecular complexity index is 932. The highest BCUT2D eigenvalue weighted by Gasteiger charge is 2.32. The van der Waals surface area contributed by atoms with E-state index < -0.39 is 10.0 Å². The van der Waals surface area contributed by atoms with Crippen molar-refractivity contribution in [3.63, 3.8) is 0 Å². The second-order valence-electron chi connectivity index (χ2n) is 7.70. The van der Waals surface area contributed by atoms with Crippen molar-refractivity contribution in [3.8, 4) is 0 Å². The lowest BCUT2D eigenvalue weighted by Crippen LogP contribution is -2.44. The molecule has 0 saturated carbocycles. The number of hydrogen-bond acceptors (Lipinski definition) is 3. The van der Waals surface area contributed by atoms with E-state index in [9.17, 15) is 13.2 Å². The first kappa shape index (κ1) is 20.6. The monoisotopic (exact) mass is 400 g/mol. The molecule has 2 aromatic rings. The van der Waals surface area contributed by atoms with Gasteiger partial charge < -0.3 is 5.32 Å². The van der Waals surface area contributed by atoms with Crippen molar-refractivity contribution in [2.75, 3.05) is 18.4 Å². The van der Waals surface area contributed by atoms with Crippen LogP contribution in [0.5, 0.6) is 0 Å². The van der Waals surface area contributed by atoms with Crippen LogP contribution in [0.15, 0.2) is 42.5 Å². The fourth-order valence-electron chi connectivity index (χ4n) is 3.89. The number of piperidine rings is 1. The molecule has 0 aliphatic carbocycles. The largest absolute Gasteiger partial charge is 0.325 e. The molecule has 3 rings (SSSR count). The maximum atomic E-state index is 12.9. The summed E-state index contributed by atoms with van der Waals surface area (Å²) in [5, 5.41) is 3.04. The number of nitrogens with zero attached hydrogens (tertiary/aromatic N) is 1. The molecule has 0 radical (unpaired) electrons. The molecule has 0 aromatic heterocycles. The van der Waals surface area contributed by atoms with Crippen LogP contribution in [0.4, 0.5) is 5.69 Å². The van der Waals surface area contributed by atoms with E-state index in [0.717, 1.165) is 27.9 Å². The standard InChI is InChI=1S/C22H28N2O3S/c1-16-12-17(2)21(18(3)13-16)23-22(25)20-10-7-11-24(14-20)28(26,27)15-19-8-5-4-6-9-19/h4-6,8-9,12-13,20H,7,10-11,14-15H2,1-3H3,(H,23,25). The molecule has 150 valence electrons. The van der Waals surface area contributed by atoms with Gasteiger partial charge in [0, 0.05) is 18.8 Å². The summed E-state index contributed by atoms with van der Waals surface area (Å²) in [5.74, 6) is -0.465. The van der Waals surface area contributed by atoms with E-state index in [2.05, 4.69) is 5.32 Å². The minimum atomic E-state index is -3.44. The second kappa shape index (κ2) is 8.45. The van der Waals surface area contributed by atoms with Gasteiger partial charge in [-0.2, -0.15) is 0 Å². The Balaban J connectivity index is 1.70. The van der Waals surface area contributed by atoms with Gasteiger partial charge in [-0.1, -0.05) is 48.0 Å². The lowest BCUT2D eigenvalue weighted by Gasteiger charge is -2.31. The Hall–Kier alpha value is -2.18. The van der Waals surface area contributed by atoms with Crippen LogP contribution in [-0.4, -0.2) is 31.7 Å². The third-order valence-corrected chi connectivity index (χ3v) is 7.08. The van der Waals surface area contributed by atoms with E-state index in [-0.39, 0.29) is 24.1 Å². The van der Waals surface area contributed by atoms with E-state index in [0.29, 0.717) is 19.4 Å². The smallest absolute Gasteiger partial charge is 0.228 e. The summed E-state index contributed by atoms with van der Waals surface area (Å²) >= 11 is 0. The van der Waals surface area contributed by atoms with Crippen molar-refractivity contribution in [1.82, 2.24) is 4.31 Å². The molecule has 1 N–H and O–H groups in total. The van der Waals surface area contributed by atoms with Gasteiger partial charge in [-0.3, -0.25) is 4.79 Å². The van der Waals surface area contributed by atoms with Crippen molar-refractivity contribution >= 4 is 21.6 Å². The lowest BCUT2D eigenvalue weighted by molar-refractivity contribution is -0.120. The Morgan fingerprint density at radius 2 is 1.75 bits per heavy atom. The first-order chi connectivity index (χ1) is 13.3. The van der Waals surface area contributed by atoms with Crippen LogP contribution in [0.25, 0.3) is 0 Å². The van der Waals surface area contributed by atoms with Crippen LogP contribution < -0.4 is 5.32 Å². The van der Waals surface area contributed by atoms with Crippen LogP contribution in [0.1, 0.15) is 35.1 Å². The van der Waals surface area contributed by atoms with E-state index >= 15 is 0 Å². The quantitative estimate of drug-likeness (QED) is 0.830. The molecule has 1 aliphatic heterocycles. The summed E-state index contributed by atoms with van der Waals surface area (Å²) < 4.78 is 27.1. The molecule has 1 fully saturated rings. The molecule has 2 aromatic carbocycles. The van der Waals surface area contributed by atoms with E-state index in [1.54, 1.807) is 0 Å². The Kier molecular flexibility index (Phi) is 6.20. The average Bonchev–Trinajstić information content (AvgIpc) is 2.65. The second-order valence-corrected chi connectivity index (χ2v) is 9.67. The molecule has 28 heavy (non-hydrogen) atoms. The van der Waals surface area contributed by atoms with Crippen LogP contribution >= 0.6 is 0 Å². The van der Waals surface area contributed by atoms with Gasteiger partial charge in [0.05, 0.1) is 11.7 Å². The molecular weight excluding hydrogens is 372 g/mol. The molecule has 1 saturated heterocycles. The molecule has 1 heterocycles. The van der Waals surface area contributed by atoms with Crippen molar-refractivity contribution in [2.24, 2.45) is 5.92 Å². The van der Waals surface area contributed by atoms with Crippen LogP contribution in [0.2, 0.25) is 0 Å². The zero-order valence-corrected chi connectivity index (χ0v) is 17.6. The highest BCUT2D eigenvalue weighted by atomic mass is 32.2. The van der Waals surface area contributed by atoms with Gasteiger partial charge in [0.15, 0.2) is 0 Å². The molecule has 0 spiro atoms. The van der Waals surface area contributed by atoms with Crippen LogP contribution in [0, 0.1) is 26.7 Å². The predicted octanol–water partition coefficient (Wildman–Crippen LogP) is 3.79. The fourth-order valence-corrected chi connectivity index (χ4v) is 5.50. The SMILES string of the molecule is Cc1cc(C)c(NC(=O)C2CCCN(S(=O)(=O)Cc3ccccc3)C2)c(C)c1. The highest BCUT2D eigenvalue weighted by molar-refractivity contribution is 7.88. The third kappa shape index (κ3) is 4.80. The average molecular weight is 401 g/mol. The predicted molar refractivity (Wildman–Crippen MR) is 113 cm³/mol. The van der Waals surface area contributed by atoms with Crippen molar-refractivity contribution < 1.29 is 13.2 Å². The lowest BCUT2D eigenvalue weighted by atomic mass is 9.98. The van der Waals surface area contributed by atoms with Gasteiger partial charge in [-0.05, 0) is 50.3 Å². The number of rotatable bonds is 5. The van der Waals surface area contributed by atoms with Gasteiger partial charge in [-0.25, -0.2) is 12.7 Å². The zero-order valence-electron chi connectivity index (χ0n) is 16.7. The summed E-state index contributed by atoms with van der Waals surface area (Å²) in [6, 6.07) is 13.3. The Labute approximate surface area is 167 Å². The number of carbonyl (C=O) groups is 1. The van der Waals surface area contributed by atoms with E-state index in [4.69, 9.17) is 0 Å². The number of hydrogen-bond donors (Lipinski definition) is 1. The summed E-state index contributed by atoms with van der Waals surface area (Å²) in [7, 11) is -3.44. The molecule has 1 amide bonds. The first-order valence-corrected chi connectivity index (χ1v) is 11.3. The number of sulfonamides is 1. The molecule has 1 atom stereocenters. The number of amides is 1. The summed E-state index contributed by atoms with van der Waals surface area (Å²) in [5.41, 5.74) is 4.80. The normalized spacial score (nSPS) is 18.0. The number of nitrogens with one attached hydrogen (secondary N) is 1. The van der Waals surface area contributed by atoms with Gasteiger partial charge in [0.2, 0.25) is 15.9 Å². The molecule has 5 nitrogen and oxygen atoms in total. The van der Waals surface area contributed by atoms with Crippen LogP contribution in [-0.2, 0) is 20.6 Å². The van der Waals surface area contributed by atoms with Crippen LogP contribution in [0.3, 0.4) is 0 Å². The summed E-state index contributed by atoms with van der Waals surface area (Å²) in [6.45, 7) is 6.70. The number of aryl methyl sites for hydroxylation is 3. The van der Waals surface area contributed by atoms with Gasteiger partial charge in [0.25, 0.3) is 0 Å². The van der Waals surface area contributed by atoms with Gasteiger partial charge >= 0.3 is 0 Å². The fraction of sp³-hybridized carbons (Fsp3) is 0.409. The maximum absolute atomic E-state index is 12.9. The number of benzene rings is 2. The van der Waals surface area contributed by atoms with Crippen molar-refractivity contribution in [3.05, 3.63) is 64.7 Å². The zero-order chi connectivity index (χ0) is 20.3. The highest BCUT2D eigenvalue weighted by Crippen LogP contribution is 2.26. The van der Waals surface area contributed by atoms with E-state index in [1.807, 2.05) is 63.2 Å². The van der Waals surface area contributed by atoms with Crippen molar-refractivity contribution in [2.45, 2.75) is 39.4 Å². The molecule has 0 bridgehead atoms. The number of anilines is 1. The van der Waals surface area contributed by atoms with Crippen molar-refractivity contribution in [1.29, 1.82) is 0 Å². The topological polar surface area (TPSA) is 66.5 Å². The Morgan fingerprint density at radius 3 is 2.39 bits per heavy atom. The maximum Gasteiger partial charge on any atom is 0.228 e. The third-order valence-electron chi connectivity index (χ3n) is 5.27.